The zero-order chi connectivity index (χ0) is 15.7. The van der Waals surface area contributed by atoms with Gasteiger partial charge in [-0.1, -0.05) is 29.8 Å². The molecule has 0 N–H and O–H groups in total. The molecule has 1 heterocycles. The second kappa shape index (κ2) is 5.82. The maximum absolute atomic E-state index is 13.0. The van der Waals surface area contributed by atoms with Crippen LogP contribution in [-0.4, -0.2) is 19.3 Å². The number of halogens is 1. The number of nitrogens with zero attached hydrogens (tertiary/aromatic N) is 1. The van der Waals surface area contributed by atoms with Crippen LogP contribution in [0.4, 0.5) is 4.39 Å². The van der Waals surface area contributed by atoms with Gasteiger partial charge in [-0.05, 0) is 49.6 Å². The molecule has 1 aliphatic heterocycles. The fourth-order valence-electron chi connectivity index (χ4n) is 2.98. The molecule has 0 aliphatic carbocycles. The first-order valence-electron chi connectivity index (χ1n) is 7.32. The molecule has 0 amide bonds. The highest BCUT2D eigenvalue weighted by atomic mass is 32.2. The van der Waals surface area contributed by atoms with E-state index in [1.54, 1.807) is 0 Å². The smallest absolute Gasteiger partial charge is 0.207 e. The molecule has 1 aliphatic rings. The lowest BCUT2D eigenvalue weighted by Crippen LogP contribution is -2.30. The van der Waals surface area contributed by atoms with Crippen molar-refractivity contribution in [3.05, 3.63) is 65.5 Å². The largest absolute Gasteiger partial charge is 0.243 e. The molecule has 2 aromatic carbocycles. The average Bonchev–Trinajstić information content (AvgIpc) is 2.98. The Bertz CT molecular complexity index is 772. The summed E-state index contributed by atoms with van der Waals surface area (Å²) in [7, 11) is -3.60. The van der Waals surface area contributed by atoms with Gasteiger partial charge in [0.1, 0.15) is 5.82 Å². The molecule has 3 rings (SSSR count). The van der Waals surface area contributed by atoms with Gasteiger partial charge in [0.25, 0.3) is 0 Å². The molecule has 0 spiro atoms. The van der Waals surface area contributed by atoms with Crippen molar-refractivity contribution in [3.63, 3.8) is 0 Å². The van der Waals surface area contributed by atoms with Crippen LogP contribution in [0, 0.1) is 12.7 Å². The fraction of sp³-hybridized carbons (Fsp3) is 0.294. The summed E-state index contributed by atoms with van der Waals surface area (Å²) < 4.78 is 40.2. The Morgan fingerprint density at radius 1 is 1.14 bits per heavy atom. The minimum atomic E-state index is -3.60. The number of hydrogen-bond acceptors (Lipinski definition) is 2. The molecule has 0 saturated carbocycles. The molecular formula is C17H18FNO2S. The third-order valence-electron chi connectivity index (χ3n) is 4.05. The van der Waals surface area contributed by atoms with Crippen molar-refractivity contribution in [3.8, 4) is 0 Å². The van der Waals surface area contributed by atoms with Gasteiger partial charge in [-0.25, -0.2) is 12.8 Å². The molecule has 22 heavy (non-hydrogen) atoms. The van der Waals surface area contributed by atoms with Crippen LogP contribution in [0.3, 0.4) is 0 Å². The van der Waals surface area contributed by atoms with Crippen LogP contribution in [0.25, 0.3) is 0 Å². The number of sulfonamides is 1. The SMILES string of the molecule is Cc1cccc(C2CCCN2S(=O)(=O)c2ccc(F)cc2)c1. The molecule has 116 valence electrons. The number of rotatable bonds is 3. The second-order valence-corrected chi connectivity index (χ2v) is 7.53. The van der Waals surface area contributed by atoms with E-state index in [9.17, 15) is 12.8 Å². The molecular weight excluding hydrogens is 301 g/mol. The summed E-state index contributed by atoms with van der Waals surface area (Å²) in [6.07, 6.45) is 1.64. The summed E-state index contributed by atoms with van der Waals surface area (Å²) in [4.78, 5) is 0.147. The lowest BCUT2D eigenvalue weighted by molar-refractivity contribution is 0.396. The summed E-state index contributed by atoms with van der Waals surface area (Å²) in [6, 6.07) is 12.8. The topological polar surface area (TPSA) is 37.4 Å². The van der Waals surface area contributed by atoms with Crippen molar-refractivity contribution in [1.29, 1.82) is 0 Å². The van der Waals surface area contributed by atoms with Gasteiger partial charge in [0.05, 0.1) is 10.9 Å². The van der Waals surface area contributed by atoms with Crippen LogP contribution in [-0.2, 0) is 10.0 Å². The highest BCUT2D eigenvalue weighted by molar-refractivity contribution is 7.89. The summed E-state index contributed by atoms with van der Waals surface area (Å²) in [5, 5.41) is 0. The van der Waals surface area contributed by atoms with Gasteiger partial charge in [0.2, 0.25) is 10.0 Å². The first-order valence-corrected chi connectivity index (χ1v) is 8.76. The van der Waals surface area contributed by atoms with Gasteiger partial charge in [-0.2, -0.15) is 4.31 Å². The molecule has 0 aromatic heterocycles. The van der Waals surface area contributed by atoms with Gasteiger partial charge in [0, 0.05) is 6.54 Å². The first-order chi connectivity index (χ1) is 10.5. The molecule has 1 unspecified atom stereocenters. The Labute approximate surface area is 130 Å². The summed E-state index contributed by atoms with van der Waals surface area (Å²) in [6.45, 7) is 2.50. The van der Waals surface area contributed by atoms with E-state index < -0.39 is 15.8 Å². The molecule has 2 aromatic rings. The zero-order valence-corrected chi connectivity index (χ0v) is 13.2. The van der Waals surface area contributed by atoms with Crippen molar-refractivity contribution >= 4 is 10.0 Å². The van der Waals surface area contributed by atoms with E-state index in [4.69, 9.17) is 0 Å². The van der Waals surface area contributed by atoms with E-state index in [0.29, 0.717) is 6.54 Å². The Hall–Kier alpha value is -1.72. The van der Waals surface area contributed by atoms with Gasteiger partial charge in [-0.15, -0.1) is 0 Å². The van der Waals surface area contributed by atoms with Crippen LogP contribution in [0.5, 0.6) is 0 Å². The summed E-state index contributed by atoms with van der Waals surface area (Å²) in [5.74, 6) is -0.435. The minimum Gasteiger partial charge on any atom is -0.207 e. The standard InChI is InChI=1S/C17H18FNO2S/c1-13-4-2-5-14(12-13)17-6-3-11-19(17)22(20,21)16-9-7-15(18)8-10-16/h2,4-5,7-10,12,17H,3,6,11H2,1H3. The Balaban J connectivity index is 1.97. The molecule has 1 saturated heterocycles. The predicted molar refractivity (Wildman–Crippen MR) is 83.4 cm³/mol. The van der Waals surface area contributed by atoms with Crippen molar-refractivity contribution in [1.82, 2.24) is 4.31 Å². The van der Waals surface area contributed by atoms with Crippen molar-refractivity contribution in [2.24, 2.45) is 0 Å². The normalized spacial score (nSPS) is 19.5. The summed E-state index contributed by atoms with van der Waals surface area (Å²) >= 11 is 0. The van der Waals surface area contributed by atoms with Crippen LogP contribution < -0.4 is 0 Å². The second-order valence-electron chi connectivity index (χ2n) is 5.64. The number of hydrogen-bond donors (Lipinski definition) is 0. The van der Waals surface area contributed by atoms with E-state index >= 15 is 0 Å². The van der Waals surface area contributed by atoms with Crippen LogP contribution >= 0.6 is 0 Å². The molecule has 3 nitrogen and oxygen atoms in total. The van der Waals surface area contributed by atoms with Crippen LogP contribution in [0.15, 0.2) is 53.4 Å². The Morgan fingerprint density at radius 2 is 1.86 bits per heavy atom. The summed E-state index contributed by atoms with van der Waals surface area (Å²) in [5.41, 5.74) is 2.13. The zero-order valence-electron chi connectivity index (χ0n) is 12.4. The van der Waals surface area contributed by atoms with Crippen LogP contribution in [0.2, 0.25) is 0 Å². The molecule has 0 radical (unpaired) electrons. The third-order valence-corrected chi connectivity index (χ3v) is 5.97. The minimum absolute atomic E-state index is 0.144. The van der Waals surface area contributed by atoms with Crippen LogP contribution in [0.1, 0.15) is 30.0 Å². The predicted octanol–water partition coefficient (Wildman–Crippen LogP) is 3.66. The number of aryl methyl sites for hydroxylation is 1. The Morgan fingerprint density at radius 3 is 2.55 bits per heavy atom. The van der Waals surface area contributed by atoms with Crippen molar-refractivity contribution < 1.29 is 12.8 Å². The molecule has 0 bridgehead atoms. The Kier molecular flexibility index (Phi) is 4.02. The van der Waals surface area contributed by atoms with Gasteiger partial charge in [-0.3, -0.25) is 0 Å². The van der Waals surface area contributed by atoms with E-state index in [2.05, 4.69) is 0 Å². The van der Waals surface area contributed by atoms with E-state index in [1.165, 1.54) is 28.6 Å². The highest BCUT2D eigenvalue weighted by Gasteiger charge is 2.36. The van der Waals surface area contributed by atoms with Crippen molar-refractivity contribution in [2.75, 3.05) is 6.54 Å². The number of benzene rings is 2. The third kappa shape index (κ3) is 2.78. The van der Waals surface area contributed by atoms with Gasteiger partial charge < -0.3 is 0 Å². The van der Waals surface area contributed by atoms with Gasteiger partial charge in [0.15, 0.2) is 0 Å². The molecule has 1 atom stereocenters. The lowest BCUT2D eigenvalue weighted by Gasteiger charge is -2.24. The maximum atomic E-state index is 13.0. The maximum Gasteiger partial charge on any atom is 0.243 e. The molecule has 5 heteroatoms. The molecule has 1 fully saturated rings. The van der Waals surface area contributed by atoms with Gasteiger partial charge >= 0.3 is 0 Å². The fourth-order valence-corrected chi connectivity index (χ4v) is 4.66. The lowest BCUT2D eigenvalue weighted by atomic mass is 10.0. The highest BCUT2D eigenvalue weighted by Crippen LogP contribution is 2.36. The monoisotopic (exact) mass is 319 g/mol. The first kappa shape index (κ1) is 15.2. The van der Waals surface area contributed by atoms with E-state index in [-0.39, 0.29) is 10.9 Å². The van der Waals surface area contributed by atoms with Crippen molar-refractivity contribution in [2.45, 2.75) is 30.7 Å². The quantitative estimate of drug-likeness (QED) is 0.866. The average molecular weight is 319 g/mol. The van der Waals surface area contributed by atoms with E-state index in [1.807, 2.05) is 31.2 Å². The van der Waals surface area contributed by atoms with E-state index in [0.717, 1.165) is 24.0 Å².